The van der Waals surface area contributed by atoms with E-state index in [0.29, 0.717) is 11.4 Å². The van der Waals surface area contributed by atoms with Crippen molar-refractivity contribution in [1.82, 2.24) is 14.9 Å². The first-order valence-corrected chi connectivity index (χ1v) is 7.92. The number of nitrogens with zero attached hydrogens (tertiary/aromatic N) is 4. The Kier molecular flexibility index (Phi) is 6.93. The molecule has 2 aromatic rings. The summed E-state index contributed by atoms with van der Waals surface area (Å²) < 4.78 is 6.05. The average molecular weight is 322 g/mol. The molecular weight excluding hydrogens is 300 g/mol. The highest BCUT2D eigenvalue weighted by Gasteiger charge is 2.14. The van der Waals surface area contributed by atoms with E-state index in [-0.39, 0.29) is 6.10 Å². The lowest BCUT2D eigenvalue weighted by Gasteiger charge is -2.24. The topological polar surface area (TPSA) is 62.0 Å². The van der Waals surface area contributed by atoms with Crippen LogP contribution in [0.4, 0.5) is 0 Å². The predicted octanol–water partition coefficient (Wildman–Crippen LogP) is 3.19. The largest absolute Gasteiger partial charge is 0.487 e. The minimum absolute atomic E-state index is 0.0272. The molecule has 0 aromatic carbocycles. The molecular formula is C19H22N4O. The molecule has 0 aliphatic carbocycles. The fourth-order valence-electron chi connectivity index (χ4n) is 2.42. The first-order chi connectivity index (χ1) is 11.7. The zero-order valence-corrected chi connectivity index (χ0v) is 13.9. The van der Waals surface area contributed by atoms with E-state index in [1.165, 1.54) is 5.56 Å². The van der Waals surface area contributed by atoms with E-state index in [4.69, 9.17) is 10.00 Å². The van der Waals surface area contributed by atoms with Gasteiger partial charge < -0.3 is 4.74 Å². The number of hydrogen-bond acceptors (Lipinski definition) is 5. The van der Waals surface area contributed by atoms with E-state index in [1.807, 2.05) is 24.4 Å². The van der Waals surface area contributed by atoms with Gasteiger partial charge in [0.2, 0.25) is 0 Å². The van der Waals surface area contributed by atoms with Gasteiger partial charge in [0.05, 0.1) is 6.20 Å². The molecule has 0 aliphatic heterocycles. The van der Waals surface area contributed by atoms with Gasteiger partial charge in [-0.25, -0.2) is 4.98 Å². The number of likely N-dealkylation sites (N-methyl/N-ethyl adjacent to an activating group) is 1. The molecule has 124 valence electrons. The molecule has 0 saturated heterocycles. The summed E-state index contributed by atoms with van der Waals surface area (Å²) in [5.74, 6) is 0.679. The second kappa shape index (κ2) is 9.43. The van der Waals surface area contributed by atoms with Crippen molar-refractivity contribution in [3.05, 3.63) is 66.8 Å². The average Bonchev–Trinajstić information content (AvgIpc) is 2.61. The monoisotopic (exact) mass is 322 g/mol. The van der Waals surface area contributed by atoms with Gasteiger partial charge in [-0.2, -0.15) is 5.26 Å². The van der Waals surface area contributed by atoms with E-state index in [2.05, 4.69) is 34.6 Å². The molecule has 24 heavy (non-hydrogen) atoms. The van der Waals surface area contributed by atoms with Gasteiger partial charge in [-0.3, -0.25) is 9.88 Å². The zero-order valence-electron chi connectivity index (χ0n) is 13.9. The van der Waals surface area contributed by atoms with Gasteiger partial charge in [0.1, 0.15) is 23.6 Å². The van der Waals surface area contributed by atoms with Crippen LogP contribution < -0.4 is 4.74 Å². The predicted molar refractivity (Wildman–Crippen MR) is 93.4 cm³/mol. The Morgan fingerprint density at radius 3 is 2.88 bits per heavy atom. The number of allylic oxidation sites excluding steroid dienone is 1. The summed E-state index contributed by atoms with van der Waals surface area (Å²) in [6.07, 6.45) is 8.93. The minimum Gasteiger partial charge on any atom is -0.487 e. The quantitative estimate of drug-likeness (QED) is 0.663. The van der Waals surface area contributed by atoms with E-state index in [0.717, 1.165) is 25.9 Å². The van der Waals surface area contributed by atoms with Gasteiger partial charge in [-0.15, -0.1) is 6.58 Å². The fraction of sp³-hybridized carbons (Fsp3) is 0.316. The van der Waals surface area contributed by atoms with Crippen molar-refractivity contribution in [2.45, 2.75) is 25.5 Å². The SMILES string of the molecule is C=CCC[C@H](CN(C)Cc1cccnc1)Oc1ccc(C#N)nc1. The van der Waals surface area contributed by atoms with Crippen LogP contribution in [0.2, 0.25) is 0 Å². The Morgan fingerprint density at radius 2 is 2.25 bits per heavy atom. The van der Waals surface area contributed by atoms with E-state index < -0.39 is 0 Å². The van der Waals surface area contributed by atoms with Crippen molar-refractivity contribution in [1.29, 1.82) is 5.26 Å². The molecule has 5 heteroatoms. The summed E-state index contributed by atoms with van der Waals surface area (Å²) in [6, 6.07) is 9.46. The molecule has 2 aromatic heterocycles. The lowest BCUT2D eigenvalue weighted by atomic mass is 10.1. The molecule has 0 spiro atoms. The molecule has 0 fully saturated rings. The van der Waals surface area contributed by atoms with Gasteiger partial charge in [-0.05, 0) is 43.7 Å². The van der Waals surface area contributed by atoms with Gasteiger partial charge >= 0.3 is 0 Å². The zero-order chi connectivity index (χ0) is 17.2. The Hall–Kier alpha value is -2.71. The van der Waals surface area contributed by atoms with Crippen LogP contribution in [0.25, 0.3) is 0 Å². The van der Waals surface area contributed by atoms with Gasteiger partial charge in [0.15, 0.2) is 0 Å². The van der Waals surface area contributed by atoms with E-state index in [1.54, 1.807) is 24.5 Å². The van der Waals surface area contributed by atoms with Crippen molar-refractivity contribution in [2.24, 2.45) is 0 Å². The molecule has 0 bridgehead atoms. The Morgan fingerprint density at radius 1 is 1.38 bits per heavy atom. The molecule has 0 amide bonds. The maximum Gasteiger partial charge on any atom is 0.140 e. The number of pyridine rings is 2. The second-order valence-electron chi connectivity index (χ2n) is 5.65. The van der Waals surface area contributed by atoms with Crippen LogP contribution in [0, 0.1) is 11.3 Å². The molecule has 2 rings (SSSR count). The minimum atomic E-state index is 0.0272. The summed E-state index contributed by atoms with van der Waals surface area (Å²) in [7, 11) is 2.06. The Balaban J connectivity index is 1.96. The van der Waals surface area contributed by atoms with Crippen LogP contribution in [0.1, 0.15) is 24.1 Å². The lowest BCUT2D eigenvalue weighted by molar-refractivity contribution is 0.136. The lowest BCUT2D eigenvalue weighted by Crippen LogP contribution is -2.32. The highest BCUT2D eigenvalue weighted by Crippen LogP contribution is 2.15. The molecule has 0 saturated carbocycles. The van der Waals surface area contributed by atoms with Gasteiger partial charge in [0, 0.05) is 25.5 Å². The molecule has 0 N–H and O–H groups in total. The van der Waals surface area contributed by atoms with Crippen LogP contribution in [0.5, 0.6) is 5.75 Å². The molecule has 5 nitrogen and oxygen atoms in total. The Bertz CT molecular complexity index is 664. The maximum absolute atomic E-state index is 8.81. The molecule has 1 atom stereocenters. The van der Waals surface area contributed by atoms with Crippen LogP contribution in [0.15, 0.2) is 55.5 Å². The van der Waals surface area contributed by atoms with Crippen molar-refractivity contribution >= 4 is 0 Å². The summed E-state index contributed by atoms with van der Waals surface area (Å²) >= 11 is 0. The number of nitriles is 1. The maximum atomic E-state index is 8.81. The van der Waals surface area contributed by atoms with Crippen LogP contribution in [-0.4, -0.2) is 34.6 Å². The standard InChI is InChI=1S/C19H22N4O/c1-3-4-7-19(24-18-9-8-17(11-20)22-13-18)15-23(2)14-16-6-5-10-21-12-16/h3,5-6,8-10,12-13,19H,1,4,7,14-15H2,2H3/t19-/m1/s1. The highest BCUT2D eigenvalue weighted by atomic mass is 16.5. The van der Waals surface area contributed by atoms with E-state index >= 15 is 0 Å². The van der Waals surface area contributed by atoms with Crippen LogP contribution in [-0.2, 0) is 6.54 Å². The first-order valence-electron chi connectivity index (χ1n) is 7.92. The number of hydrogen-bond donors (Lipinski definition) is 0. The van der Waals surface area contributed by atoms with Crippen LogP contribution >= 0.6 is 0 Å². The smallest absolute Gasteiger partial charge is 0.140 e. The highest BCUT2D eigenvalue weighted by molar-refractivity contribution is 5.26. The van der Waals surface area contributed by atoms with E-state index in [9.17, 15) is 0 Å². The number of aromatic nitrogens is 2. The normalized spacial score (nSPS) is 11.7. The molecule has 0 aliphatic rings. The van der Waals surface area contributed by atoms with Crippen LogP contribution in [0.3, 0.4) is 0 Å². The van der Waals surface area contributed by atoms with Gasteiger partial charge in [-0.1, -0.05) is 12.1 Å². The van der Waals surface area contributed by atoms with Crippen molar-refractivity contribution in [3.63, 3.8) is 0 Å². The van der Waals surface area contributed by atoms with Gasteiger partial charge in [0.25, 0.3) is 0 Å². The summed E-state index contributed by atoms with van der Waals surface area (Å²) in [4.78, 5) is 10.4. The summed E-state index contributed by atoms with van der Waals surface area (Å²) in [5, 5.41) is 8.81. The molecule has 0 radical (unpaired) electrons. The van der Waals surface area contributed by atoms with Crippen molar-refractivity contribution in [3.8, 4) is 11.8 Å². The van der Waals surface area contributed by atoms with Crippen molar-refractivity contribution < 1.29 is 4.74 Å². The first kappa shape index (κ1) is 17.6. The molecule has 2 heterocycles. The molecule has 0 unspecified atom stereocenters. The third-order valence-electron chi connectivity index (χ3n) is 3.54. The number of rotatable bonds is 9. The summed E-state index contributed by atoms with van der Waals surface area (Å²) in [6.45, 7) is 5.38. The third-order valence-corrected chi connectivity index (χ3v) is 3.54. The van der Waals surface area contributed by atoms with Crippen molar-refractivity contribution in [2.75, 3.05) is 13.6 Å². The Labute approximate surface area is 143 Å². The summed E-state index contributed by atoms with van der Waals surface area (Å²) in [5.41, 5.74) is 1.56. The second-order valence-corrected chi connectivity index (χ2v) is 5.65. The third kappa shape index (κ3) is 5.82. The number of ether oxygens (including phenoxy) is 1. The fourth-order valence-corrected chi connectivity index (χ4v) is 2.42.